The van der Waals surface area contributed by atoms with Crippen LogP contribution in [0, 0.1) is 27.7 Å². The third kappa shape index (κ3) is 5.57. The molecule has 1 amide bonds. The Morgan fingerprint density at radius 3 is 2.45 bits per heavy atom. The van der Waals surface area contributed by atoms with Crippen molar-refractivity contribution in [3.63, 3.8) is 0 Å². The number of nitrogens with one attached hydrogen (secondary N) is 1. The number of anilines is 1. The number of hydrogen-bond acceptors (Lipinski definition) is 5. The second kappa shape index (κ2) is 9.09. The summed E-state index contributed by atoms with van der Waals surface area (Å²) in [6.07, 6.45) is 2.60. The Labute approximate surface area is 172 Å². The maximum Gasteiger partial charge on any atom is 0.260 e. The quantitative estimate of drug-likeness (QED) is 0.554. The predicted octanol–water partition coefficient (Wildman–Crippen LogP) is 2.85. The molecule has 2 aromatic carbocycles. The van der Waals surface area contributed by atoms with Crippen LogP contribution in [-0.4, -0.2) is 40.4 Å². The van der Waals surface area contributed by atoms with Crippen molar-refractivity contribution in [1.82, 2.24) is 5.43 Å². The fraction of sp³-hybridized carbons (Fsp3) is 0.333. The van der Waals surface area contributed by atoms with Gasteiger partial charge in [0.05, 0.1) is 25.3 Å². The zero-order chi connectivity index (χ0) is 21.8. The molecular formula is C21H27N3O4S. The van der Waals surface area contributed by atoms with Gasteiger partial charge in [-0.15, -0.1) is 0 Å². The summed E-state index contributed by atoms with van der Waals surface area (Å²) in [5, 5.41) is 3.98. The maximum atomic E-state index is 12.4. The van der Waals surface area contributed by atoms with E-state index in [-0.39, 0.29) is 0 Å². The molecule has 7 nitrogen and oxygen atoms in total. The molecule has 2 rings (SSSR count). The number of hydrazone groups is 1. The van der Waals surface area contributed by atoms with Crippen molar-refractivity contribution < 1.29 is 17.9 Å². The molecule has 0 saturated carbocycles. The molecule has 0 aliphatic rings. The summed E-state index contributed by atoms with van der Waals surface area (Å²) < 4.78 is 30.9. The number of rotatable bonds is 7. The topological polar surface area (TPSA) is 88.1 Å². The zero-order valence-corrected chi connectivity index (χ0v) is 18.4. The first-order valence-corrected chi connectivity index (χ1v) is 10.9. The standard InChI is InChI=1S/C21H27N3O4S/c1-14-7-10-20(28-5)19(11-14)24(29(6,26)27)13-21(25)23-22-12-18-9-8-15(2)16(3)17(18)4/h7-12H,13H2,1-6H3,(H,23,25)/b22-12-. The van der Waals surface area contributed by atoms with Gasteiger partial charge in [0.15, 0.2) is 0 Å². The molecule has 1 N–H and O–H groups in total. The molecule has 0 atom stereocenters. The first-order valence-electron chi connectivity index (χ1n) is 9.05. The number of carbonyl (C=O) groups is 1. The Kier molecular flexibility index (Phi) is 7.02. The van der Waals surface area contributed by atoms with Crippen LogP contribution in [0.3, 0.4) is 0 Å². The maximum absolute atomic E-state index is 12.4. The van der Waals surface area contributed by atoms with Gasteiger partial charge in [0.25, 0.3) is 5.91 Å². The van der Waals surface area contributed by atoms with Crippen LogP contribution in [0.5, 0.6) is 5.75 Å². The first kappa shape index (κ1) is 22.4. The van der Waals surface area contributed by atoms with E-state index in [1.54, 1.807) is 24.4 Å². The summed E-state index contributed by atoms with van der Waals surface area (Å²) in [6.45, 7) is 7.46. The van der Waals surface area contributed by atoms with Crippen LogP contribution in [0.4, 0.5) is 5.69 Å². The molecule has 0 aliphatic carbocycles. The van der Waals surface area contributed by atoms with Crippen molar-refractivity contribution in [1.29, 1.82) is 0 Å². The lowest BCUT2D eigenvalue weighted by molar-refractivity contribution is -0.119. The van der Waals surface area contributed by atoms with Gasteiger partial charge in [0.2, 0.25) is 10.0 Å². The smallest absolute Gasteiger partial charge is 0.260 e. The van der Waals surface area contributed by atoms with Crippen molar-refractivity contribution in [3.05, 3.63) is 58.1 Å². The molecule has 156 valence electrons. The highest BCUT2D eigenvalue weighted by atomic mass is 32.2. The number of benzene rings is 2. The minimum atomic E-state index is -3.72. The number of nitrogens with zero attached hydrogens (tertiary/aromatic N) is 2. The molecule has 0 spiro atoms. The van der Waals surface area contributed by atoms with Crippen LogP contribution >= 0.6 is 0 Å². The van der Waals surface area contributed by atoms with E-state index in [0.717, 1.165) is 32.8 Å². The van der Waals surface area contributed by atoms with E-state index in [2.05, 4.69) is 10.5 Å². The van der Waals surface area contributed by atoms with Gasteiger partial charge in [0.1, 0.15) is 12.3 Å². The molecular weight excluding hydrogens is 390 g/mol. The first-order chi connectivity index (χ1) is 13.5. The minimum absolute atomic E-state index is 0.305. The molecule has 8 heteroatoms. The van der Waals surface area contributed by atoms with E-state index in [1.165, 1.54) is 12.7 Å². The third-order valence-electron chi connectivity index (χ3n) is 4.78. The van der Waals surface area contributed by atoms with Crippen molar-refractivity contribution >= 4 is 27.8 Å². The Balaban J connectivity index is 2.20. The average Bonchev–Trinajstić information content (AvgIpc) is 2.65. The van der Waals surface area contributed by atoms with E-state index in [4.69, 9.17) is 4.74 Å². The Morgan fingerprint density at radius 2 is 1.83 bits per heavy atom. The van der Waals surface area contributed by atoms with Crippen molar-refractivity contribution in [2.24, 2.45) is 5.10 Å². The summed E-state index contributed by atoms with van der Waals surface area (Å²) in [4.78, 5) is 12.4. The number of aryl methyl sites for hydroxylation is 2. The predicted molar refractivity (Wildman–Crippen MR) is 116 cm³/mol. The monoisotopic (exact) mass is 417 g/mol. The van der Waals surface area contributed by atoms with Crippen molar-refractivity contribution in [2.75, 3.05) is 24.2 Å². The Bertz CT molecular complexity index is 1050. The molecule has 0 unspecified atom stereocenters. The molecule has 29 heavy (non-hydrogen) atoms. The summed E-state index contributed by atoms with van der Waals surface area (Å²) >= 11 is 0. The van der Waals surface area contributed by atoms with Gasteiger partial charge in [-0.05, 0) is 67.6 Å². The average molecular weight is 418 g/mol. The van der Waals surface area contributed by atoms with Crippen LogP contribution in [0.1, 0.15) is 27.8 Å². The molecule has 0 aromatic heterocycles. The van der Waals surface area contributed by atoms with Crippen molar-refractivity contribution in [2.45, 2.75) is 27.7 Å². The van der Waals surface area contributed by atoms with E-state index < -0.39 is 22.5 Å². The fourth-order valence-electron chi connectivity index (χ4n) is 2.83. The van der Waals surface area contributed by atoms with Crippen LogP contribution in [-0.2, 0) is 14.8 Å². The second-order valence-corrected chi connectivity index (χ2v) is 8.87. The molecule has 0 radical (unpaired) electrons. The Hall–Kier alpha value is -2.87. The summed E-state index contributed by atoms with van der Waals surface area (Å²) in [7, 11) is -2.27. The lowest BCUT2D eigenvalue weighted by Gasteiger charge is -2.23. The largest absolute Gasteiger partial charge is 0.495 e. The molecule has 0 saturated heterocycles. The number of carbonyl (C=O) groups excluding carboxylic acids is 1. The number of hydrogen-bond donors (Lipinski definition) is 1. The van der Waals surface area contributed by atoms with Crippen LogP contribution in [0.2, 0.25) is 0 Å². The number of methoxy groups -OCH3 is 1. The van der Waals surface area contributed by atoms with Gasteiger partial charge in [-0.1, -0.05) is 18.2 Å². The van der Waals surface area contributed by atoms with Gasteiger partial charge in [-0.25, -0.2) is 13.8 Å². The molecule has 0 fully saturated rings. The van der Waals surface area contributed by atoms with Gasteiger partial charge >= 0.3 is 0 Å². The normalized spacial score (nSPS) is 11.5. The third-order valence-corrected chi connectivity index (χ3v) is 5.91. The van der Waals surface area contributed by atoms with Gasteiger partial charge in [0, 0.05) is 0 Å². The number of sulfonamides is 1. The van der Waals surface area contributed by atoms with Crippen LogP contribution < -0.4 is 14.5 Å². The zero-order valence-electron chi connectivity index (χ0n) is 17.6. The molecule has 0 aliphatic heterocycles. The van der Waals surface area contributed by atoms with Gasteiger partial charge in [-0.3, -0.25) is 9.10 Å². The van der Waals surface area contributed by atoms with Crippen molar-refractivity contribution in [3.8, 4) is 5.75 Å². The van der Waals surface area contributed by atoms with Crippen LogP contribution in [0.25, 0.3) is 0 Å². The van der Waals surface area contributed by atoms with Crippen LogP contribution in [0.15, 0.2) is 35.4 Å². The second-order valence-electron chi connectivity index (χ2n) is 6.96. The van der Waals surface area contributed by atoms with E-state index in [0.29, 0.717) is 11.4 Å². The fourth-order valence-corrected chi connectivity index (χ4v) is 3.68. The highest BCUT2D eigenvalue weighted by molar-refractivity contribution is 7.92. The van der Waals surface area contributed by atoms with Gasteiger partial charge in [-0.2, -0.15) is 5.10 Å². The van der Waals surface area contributed by atoms with E-state index in [9.17, 15) is 13.2 Å². The summed E-state index contributed by atoms with van der Waals surface area (Å²) in [5.74, 6) is -0.195. The summed E-state index contributed by atoms with van der Waals surface area (Å²) in [6, 6.07) is 9.05. The molecule has 0 bridgehead atoms. The lowest BCUT2D eigenvalue weighted by atomic mass is 10.00. The SMILES string of the molecule is COc1ccc(C)cc1N(CC(=O)N/N=C\c1ccc(C)c(C)c1C)S(C)(=O)=O. The minimum Gasteiger partial charge on any atom is -0.495 e. The van der Waals surface area contributed by atoms with E-state index >= 15 is 0 Å². The highest BCUT2D eigenvalue weighted by Crippen LogP contribution is 2.30. The molecule has 2 aromatic rings. The Morgan fingerprint density at radius 1 is 1.14 bits per heavy atom. The lowest BCUT2D eigenvalue weighted by Crippen LogP contribution is -2.39. The summed E-state index contributed by atoms with van der Waals surface area (Å²) in [5.41, 5.74) is 7.85. The van der Waals surface area contributed by atoms with Gasteiger partial charge < -0.3 is 4.74 Å². The number of amides is 1. The number of ether oxygens (including phenoxy) is 1. The van der Waals surface area contributed by atoms with E-state index in [1.807, 2.05) is 39.8 Å². The molecule has 0 heterocycles. The highest BCUT2D eigenvalue weighted by Gasteiger charge is 2.24.